The van der Waals surface area contributed by atoms with Crippen molar-refractivity contribution < 1.29 is 28.6 Å². The summed E-state index contributed by atoms with van der Waals surface area (Å²) in [7, 11) is 0. The molecular formula is C35H35FN2O5. The number of aliphatic carboxylic acids is 1. The van der Waals surface area contributed by atoms with Crippen LogP contribution in [0.15, 0.2) is 103 Å². The normalized spacial score (nSPS) is 11.5. The molecule has 0 spiro atoms. The van der Waals surface area contributed by atoms with Gasteiger partial charge < -0.3 is 20.1 Å². The van der Waals surface area contributed by atoms with Crippen molar-refractivity contribution in [2.75, 3.05) is 23.4 Å². The molecule has 4 rings (SSSR count). The molecule has 4 aromatic rings. The third kappa shape index (κ3) is 8.29. The van der Waals surface area contributed by atoms with E-state index in [9.17, 15) is 23.9 Å². The summed E-state index contributed by atoms with van der Waals surface area (Å²) in [6, 6.07) is 28.1. The van der Waals surface area contributed by atoms with E-state index in [0.29, 0.717) is 42.1 Å². The number of ether oxygens (including phenoxy) is 1. The number of carboxylic acid groups (broad SMARTS) is 1. The number of benzene rings is 4. The van der Waals surface area contributed by atoms with E-state index in [-0.39, 0.29) is 29.7 Å². The fourth-order valence-corrected chi connectivity index (χ4v) is 4.64. The molecule has 0 heterocycles. The van der Waals surface area contributed by atoms with Gasteiger partial charge in [0.1, 0.15) is 17.6 Å². The number of amides is 1. The summed E-state index contributed by atoms with van der Waals surface area (Å²) >= 11 is 0. The van der Waals surface area contributed by atoms with Gasteiger partial charge in [-0.25, -0.2) is 9.18 Å². The predicted octanol–water partition coefficient (Wildman–Crippen LogP) is 6.62. The number of anilines is 2. The number of hydrogen-bond donors (Lipinski definition) is 2. The standard InChI is InChI=1S/C35H35FN2O5/c1-24(2)34(40)38(32-16-9-7-14-29(32)36)21-10-22-43-27-19-17-25(18-20-27)23-31(35(41)42)37-30-15-8-6-13-28(30)33(39)26-11-4-3-5-12-26/h3-9,11-20,24,31,37H,10,21-23H2,1-2H3,(H,41,42)/t31-/m0/s1. The number of rotatable bonds is 14. The molecule has 1 amide bonds. The Morgan fingerprint density at radius 3 is 2.19 bits per heavy atom. The minimum absolute atomic E-state index is 0.164. The Morgan fingerprint density at radius 1 is 0.860 bits per heavy atom. The highest BCUT2D eigenvalue weighted by atomic mass is 19.1. The summed E-state index contributed by atoms with van der Waals surface area (Å²) in [6.07, 6.45) is 0.666. The average molecular weight is 583 g/mol. The molecule has 0 aliphatic heterocycles. The largest absolute Gasteiger partial charge is 0.494 e. The van der Waals surface area contributed by atoms with Crippen LogP contribution in [0.4, 0.5) is 15.8 Å². The topological polar surface area (TPSA) is 95.9 Å². The molecule has 0 aliphatic carbocycles. The predicted molar refractivity (Wildman–Crippen MR) is 165 cm³/mol. The highest BCUT2D eigenvalue weighted by Gasteiger charge is 2.22. The summed E-state index contributed by atoms with van der Waals surface area (Å²) in [6.45, 7) is 4.17. The zero-order chi connectivity index (χ0) is 30.8. The Labute approximate surface area is 250 Å². The van der Waals surface area contributed by atoms with Gasteiger partial charge in [0, 0.05) is 35.7 Å². The Hall–Kier alpha value is -4.98. The van der Waals surface area contributed by atoms with Crippen molar-refractivity contribution in [3.8, 4) is 5.75 Å². The number of carboxylic acids is 1. The molecule has 4 aromatic carbocycles. The van der Waals surface area contributed by atoms with E-state index < -0.39 is 17.8 Å². The van der Waals surface area contributed by atoms with Gasteiger partial charge in [0.15, 0.2) is 5.78 Å². The first kappa shape index (κ1) is 31.0. The van der Waals surface area contributed by atoms with Gasteiger partial charge in [-0.15, -0.1) is 0 Å². The highest BCUT2D eigenvalue weighted by molar-refractivity contribution is 6.12. The lowest BCUT2D eigenvalue weighted by atomic mass is 10.00. The van der Waals surface area contributed by atoms with Crippen molar-refractivity contribution in [2.45, 2.75) is 32.7 Å². The Morgan fingerprint density at radius 2 is 1.51 bits per heavy atom. The average Bonchev–Trinajstić information content (AvgIpc) is 3.02. The minimum Gasteiger partial charge on any atom is -0.494 e. The summed E-state index contributed by atoms with van der Waals surface area (Å²) in [5.41, 5.74) is 2.38. The van der Waals surface area contributed by atoms with Gasteiger partial charge in [-0.1, -0.05) is 80.6 Å². The Bertz CT molecular complexity index is 1540. The molecule has 7 nitrogen and oxygen atoms in total. The number of nitrogens with zero attached hydrogens (tertiary/aromatic N) is 1. The maximum Gasteiger partial charge on any atom is 0.326 e. The molecule has 43 heavy (non-hydrogen) atoms. The number of ketones is 1. The molecule has 0 radical (unpaired) electrons. The van der Waals surface area contributed by atoms with E-state index >= 15 is 0 Å². The van der Waals surface area contributed by atoms with E-state index in [2.05, 4.69) is 5.32 Å². The van der Waals surface area contributed by atoms with Crippen LogP contribution in [0, 0.1) is 11.7 Å². The molecule has 0 saturated carbocycles. The summed E-state index contributed by atoms with van der Waals surface area (Å²) in [4.78, 5) is 39.4. The van der Waals surface area contributed by atoms with Gasteiger partial charge >= 0.3 is 5.97 Å². The second-order valence-corrected chi connectivity index (χ2v) is 10.4. The molecule has 0 unspecified atom stereocenters. The third-order valence-corrected chi connectivity index (χ3v) is 6.90. The van der Waals surface area contributed by atoms with Gasteiger partial charge in [0.2, 0.25) is 5.91 Å². The first-order valence-corrected chi connectivity index (χ1v) is 14.2. The van der Waals surface area contributed by atoms with Crippen LogP contribution in [0.25, 0.3) is 0 Å². The molecule has 8 heteroatoms. The monoisotopic (exact) mass is 582 g/mol. The number of para-hydroxylation sites is 2. The zero-order valence-electron chi connectivity index (χ0n) is 24.2. The number of carbonyl (C=O) groups excluding carboxylic acids is 2. The van der Waals surface area contributed by atoms with Crippen molar-refractivity contribution in [1.29, 1.82) is 0 Å². The fourth-order valence-electron chi connectivity index (χ4n) is 4.64. The number of carbonyl (C=O) groups is 3. The Balaban J connectivity index is 1.35. The van der Waals surface area contributed by atoms with Crippen LogP contribution < -0.4 is 15.0 Å². The van der Waals surface area contributed by atoms with E-state index in [0.717, 1.165) is 5.56 Å². The molecule has 222 valence electrons. The maximum atomic E-state index is 14.4. The van der Waals surface area contributed by atoms with Crippen LogP contribution in [0.2, 0.25) is 0 Å². The quantitative estimate of drug-likeness (QED) is 0.128. The highest BCUT2D eigenvalue weighted by Crippen LogP contribution is 2.23. The molecular weight excluding hydrogens is 547 g/mol. The zero-order valence-corrected chi connectivity index (χ0v) is 24.2. The molecule has 0 aliphatic rings. The smallest absolute Gasteiger partial charge is 0.326 e. The van der Waals surface area contributed by atoms with Gasteiger partial charge in [-0.2, -0.15) is 0 Å². The molecule has 2 N–H and O–H groups in total. The van der Waals surface area contributed by atoms with Crippen molar-refractivity contribution in [2.24, 2.45) is 5.92 Å². The lowest BCUT2D eigenvalue weighted by Crippen LogP contribution is -2.36. The van der Waals surface area contributed by atoms with Gasteiger partial charge in [0.05, 0.1) is 12.3 Å². The molecule has 0 bridgehead atoms. The summed E-state index contributed by atoms with van der Waals surface area (Å²) < 4.78 is 20.2. The summed E-state index contributed by atoms with van der Waals surface area (Å²) in [5, 5.41) is 13.0. The first-order chi connectivity index (χ1) is 20.7. The van der Waals surface area contributed by atoms with E-state index in [1.165, 1.54) is 11.0 Å². The van der Waals surface area contributed by atoms with Crippen molar-refractivity contribution in [3.63, 3.8) is 0 Å². The van der Waals surface area contributed by atoms with Crippen LogP contribution in [-0.2, 0) is 16.0 Å². The first-order valence-electron chi connectivity index (χ1n) is 14.2. The molecule has 0 fully saturated rings. The lowest BCUT2D eigenvalue weighted by molar-refractivity contribution is -0.137. The van der Waals surface area contributed by atoms with Gasteiger partial charge in [0.25, 0.3) is 0 Å². The fraction of sp³-hybridized carbons (Fsp3) is 0.229. The number of nitrogens with one attached hydrogen (secondary N) is 1. The van der Waals surface area contributed by atoms with Crippen LogP contribution in [0.1, 0.15) is 41.8 Å². The minimum atomic E-state index is -1.04. The van der Waals surface area contributed by atoms with E-state index in [4.69, 9.17) is 4.74 Å². The van der Waals surface area contributed by atoms with E-state index in [1.807, 2.05) is 6.07 Å². The summed E-state index contributed by atoms with van der Waals surface area (Å²) in [5.74, 6) is -1.54. The molecule has 0 aromatic heterocycles. The maximum absolute atomic E-state index is 14.4. The molecule has 1 atom stereocenters. The number of halogens is 1. The van der Waals surface area contributed by atoms with Gasteiger partial charge in [-0.05, 0) is 48.4 Å². The third-order valence-electron chi connectivity index (χ3n) is 6.90. The SMILES string of the molecule is CC(C)C(=O)N(CCCOc1ccc(C[C@H](Nc2ccccc2C(=O)c2ccccc2)C(=O)O)cc1)c1ccccc1F. The van der Waals surface area contributed by atoms with Gasteiger partial charge in [-0.3, -0.25) is 9.59 Å². The number of hydrogen-bond acceptors (Lipinski definition) is 5. The van der Waals surface area contributed by atoms with Crippen molar-refractivity contribution in [1.82, 2.24) is 0 Å². The second-order valence-electron chi connectivity index (χ2n) is 10.4. The van der Waals surface area contributed by atoms with E-state index in [1.54, 1.807) is 105 Å². The van der Waals surface area contributed by atoms with Crippen molar-refractivity contribution >= 4 is 29.0 Å². The van der Waals surface area contributed by atoms with Crippen LogP contribution in [0.3, 0.4) is 0 Å². The lowest BCUT2D eigenvalue weighted by Gasteiger charge is -2.25. The van der Waals surface area contributed by atoms with Crippen molar-refractivity contribution in [3.05, 3.63) is 126 Å². The molecule has 0 saturated heterocycles. The second kappa shape index (κ2) is 14.8. The van der Waals surface area contributed by atoms with Crippen LogP contribution in [-0.4, -0.2) is 42.0 Å². The Kier molecular flexibility index (Phi) is 10.6. The van der Waals surface area contributed by atoms with Crippen LogP contribution in [0.5, 0.6) is 5.75 Å². The van der Waals surface area contributed by atoms with Crippen LogP contribution >= 0.6 is 0 Å².